The highest BCUT2D eigenvalue weighted by Gasteiger charge is 2.30. The Labute approximate surface area is 153 Å². The molecule has 0 aromatic heterocycles. The summed E-state index contributed by atoms with van der Waals surface area (Å²) in [5, 5.41) is 10.1. The molecule has 24 heavy (non-hydrogen) atoms. The van der Waals surface area contributed by atoms with Gasteiger partial charge in [-0.25, -0.2) is 0 Å². The third-order valence-electron chi connectivity index (χ3n) is 6.23. The van der Waals surface area contributed by atoms with Gasteiger partial charge in [-0.3, -0.25) is 0 Å². The third-order valence-corrected chi connectivity index (χ3v) is 6.23. The van der Waals surface area contributed by atoms with E-state index in [2.05, 4.69) is 62.3 Å². The molecule has 0 spiro atoms. The molecule has 2 nitrogen and oxygen atoms in total. The van der Waals surface area contributed by atoms with Gasteiger partial charge in [-0.2, -0.15) is 0 Å². The maximum Gasteiger partial charge on any atom is 0.0678 e. The van der Waals surface area contributed by atoms with Crippen LogP contribution >= 0.6 is 0 Å². The van der Waals surface area contributed by atoms with Crippen molar-refractivity contribution < 1.29 is 9.84 Å². The summed E-state index contributed by atoms with van der Waals surface area (Å²) in [5.74, 6) is 0.484. The average molecular weight is 345 g/mol. The molecule has 1 N–H and O–H groups in total. The van der Waals surface area contributed by atoms with E-state index in [9.17, 15) is 5.11 Å². The van der Waals surface area contributed by atoms with Gasteiger partial charge in [-0.1, -0.05) is 75.2 Å². The second kappa shape index (κ2) is 14.1. The monoisotopic (exact) mass is 344 g/mol. The van der Waals surface area contributed by atoms with Crippen LogP contribution in [0.5, 0.6) is 0 Å². The Morgan fingerprint density at radius 2 is 1.00 bits per heavy atom. The van der Waals surface area contributed by atoms with Crippen LogP contribution < -0.4 is 0 Å². The van der Waals surface area contributed by atoms with E-state index in [-0.39, 0.29) is 5.60 Å². The van der Waals surface area contributed by atoms with E-state index in [1.165, 1.54) is 0 Å². The molecular formula is C22H48O2. The van der Waals surface area contributed by atoms with Crippen molar-refractivity contribution in [1.82, 2.24) is 0 Å². The largest absolute Gasteiger partial charge is 0.390 e. The maximum atomic E-state index is 10.1. The summed E-state index contributed by atoms with van der Waals surface area (Å²) < 4.78 is 6.18. The maximum absolute atomic E-state index is 10.1. The van der Waals surface area contributed by atoms with Crippen LogP contribution in [-0.2, 0) is 4.74 Å². The summed E-state index contributed by atoms with van der Waals surface area (Å²) in [5.41, 5.74) is -0.250. The van der Waals surface area contributed by atoms with E-state index in [0.717, 1.165) is 57.8 Å². The predicted molar refractivity (Wildman–Crippen MR) is 109 cm³/mol. The summed E-state index contributed by atoms with van der Waals surface area (Å²) in [7, 11) is 0. The van der Waals surface area contributed by atoms with Crippen LogP contribution in [0, 0.1) is 5.92 Å². The van der Waals surface area contributed by atoms with Crippen molar-refractivity contribution in [1.29, 1.82) is 0 Å². The van der Waals surface area contributed by atoms with Crippen LogP contribution in [0.2, 0.25) is 0 Å². The summed E-state index contributed by atoms with van der Waals surface area (Å²) in [6.07, 6.45) is 10.1. The van der Waals surface area contributed by atoms with Gasteiger partial charge in [0.1, 0.15) is 0 Å². The minimum Gasteiger partial charge on any atom is -0.390 e. The van der Waals surface area contributed by atoms with Crippen molar-refractivity contribution in [3.63, 3.8) is 0 Å². The second-order valence-corrected chi connectivity index (χ2v) is 7.12. The van der Waals surface area contributed by atoms with Crippen molar-refractivity contribution in [3.05, 3.63) is 0 Å². The predicted octanol–water partition coefficient (Wildman–Crippen LogP) is 7.13. The normalized spacial score (nSPS) is 12.5. The zero-order chi connectivity index (χ0) is 19.2. The lowest BCUT2D eigenvalue weighted by atomic mass is 9.80. The number of ether oxygens (including phenoxy) is 1. The molecule has 0 heterocycles. The SMILES string of the molecule is CCC(CC)C(O)(CC)CC.CCC(CC)OC(CC)(CC)CC. The van der Waals surface area contributed by atoms with Crippen molar-refractivity contribution >= 4 is 0 Å². The Morgan fingerprint density at radius 3 is 1.17 bits per heavy atom. The molecule has 0 radical (unpaired) electrons. The van der Waals surface area contributed by atoms with Gasteiger partial charge in [-0.05, 0) is 50.9 Å². The van der Waals surface area contributed by atoms with Crippen LogP contribution in [0.4, 0.5) is 0 Å². The van der Waals surface area contributed by atoms with Crippen molar-refractivity contribution in [3.8, 4) is 0 Å². The fourth-order valence-corrected chi connectivity index (χ4v) is 3.68. The smallest absolute Gasteiger partial charge is 0.0678 e. The number of rotatable bonds is 12. The first-order chi connectivity index (χ1) is 11.3. The first-order valence-electron chi connectivity index (χ1n) is 10.7. The Bertz CT molecular complexity index is 251. The van der Waals surface area contributed by atoms with E-state index in [0.29, 0.717) is 12.0 Å². The molecule has 0 aromatic carbocycles. The fraction of sp³-hybridized carbons (Fsp3) is 1.00. The van der Waals surface area contributed by atoms with Crippen LogP contribution in [0.15, 0.2) is 0 Å². The first kappa shape index (κ1) is 26.2. The van der Waals surface area contributed by atoms with Gasteiger partial charge in [0.25, 0.3) is 0 Å². The molecule has 0 aromatic rings. The molecule has 0 saturated carbocycles. The summed E-state index contributed by atoms with van der Waals surface area (Å²) >= 11 is 0. The van der Waals surface area contributed by atoms with E-state index >= 15 is 0 Å². The van der Waals surface area contributed by atoms with E-state index in [4.69, 9.17) is 4.74 Å². The highest BCUT2D eigenvalue weighted by atomic mass is 16.5. The third kappa shape index (κ3) is 8.34. The van der Waals surface area contributed by atoms with E-state index in [1.54, 1.807) is 0 Å². The topological polar surface area (TPSA) is 29.5 Å². The highest BCUT2D eigenvalue weighted by Crippen LogP contribution is 2.30. The van der Waals surface area contributed by atoms with Crippen LogP contribution in [0.3, 0.4) is 0 Å². The standard InChI is InChI=1S/C12H26O.C10H22O/c1-6-11(7-2)13-12(8-3,9-4)10-5;1-5-9(6-2)10(11,7-3)8-4/h11H,6-10H2,1-5H3;9,11H,5-8H2,1-4H3. The van der Waals surface area contributed by atoms with E-state index < -0.39 is 5.60 Å². The van der Waals surface area contributed by atoms with Crippen LogP contribution in [0.1, 0.15) is 120 Å². The summed E-state index contributed by atoms with van der Waals surface area (Å²) in [6, 6.07) is 0. The lowest BCUT2D eigenvalue weighted by molar-refractivity contribution is -0.103. The fourth-order valence-electron chi connectivity index (χ4n) is 3.68. The molecule has 0 aliphatic carbocycles. The minimum atomic E-state index is -0.399. The Balaban J connectivity index is 0. The number of aliphatic hydroxyl groups is 1. The quantitative estimate of drug-likeness (QED) is 0.408. The lowest BCUT2D eigenvalue weighted by Gasteiger charge is -2.34. The molecular weight excluding hydrogens is 296 g/mol. The molecule has 0 aliphatic heterocycles. The zero-order valence-corrected chi connectivity index (χ0v) is 18.4. The van der Waals surface area contributed by atoms with E-state index in [1.807, 2.05) is 0 Å². The van der Waals surface area contributed by atoms with Crippen LogP contribution in [0.25, 0.3) is 0 Å². The Morgan fingerprint density at radius 1 is 0.625 bits per heavy atom. The molecule has 2 heteroatoms. The summed E-state index contributed by atoms with van der Waals surface area (Å²) in [4.78, 5) is 0. The minimum absolute atomic E-state index is 0.149. The van der Waals surface area contributed by atoms with Crippen molar-refractivity contribution in [2.24, 2.45) is 5.92 Å². The lowest BCUT2D eigenvalue weighted by Crippen LogP contribution is -2.35. The van der Waals surface area contributed by atoms with Gasteiger partial charge < -0.3 is 9.84 Å². The molecule has 0 bridgehead atoms. The Hall–Kier alpha value is -0.0800. The van der Waals surface area contributed by atoms with Gasteiger partial charge in [0.2, 0.25) is 0 Å². The first-order valence-corrected chi connectivity index (χ1v) is 10.7. The molecule has 0 aliphatic rings. The van der Waals surface area contributed by atoms with Gasteiger partial charge in [0.15, 0.2) is 0 Å². The van der Waals surface area contributed by atoms with Crippen molar-refractivity contribution in [2.45, 2.75) is 137 Å². The number of hydrogen-bond donors (Lipinski definition) is 1. The van der Waals surface area contributed by atoms with Gasteiger partial charge in [0.05, 0.1) is 17.3 Å². The molecule has 0 unspecified atom stereocenters. The van der Waals surface area contributed by atoms with Gasteiger partial charge >= 0.3 is 0 Å². The molecule has 148 valence electrons. The second-order valence-electron chi connectivity index (χ2n) is 7.12. The van der Waals surface area contributed by atoms with Crippen molar-refractivity contribution in [2.75, 3.05) is 0 Å². The number of hydrogen-bond acceptors (Lipinski definition) is 2. The molecule has 0 fully saturated rings. The molecule has 0 saturated heterocycles. The van der Waals surface area contributed by atoms with Crippen LogP contribution in [-0.4, -0.2) is 22.4 Å². The Kier molecular flexibility index (Phi) is 15.4. The zero-order valence-electron chi connectivity index (χ0n) is 18.4. The molecule has 0 amide bonds. The highest BCUT2D eigenvalue weighted by molar-refractivity contribution is 4.82. The summed E-state index contributed by atoms with van der Waals surface area (Å²) in [6.45, 7) is 19.6. The van der Waals surface area contributed by atoms with Gasteiger partial charge in [-0.15, -0.1) is 0 Å². The average Bonchev–Trinajstić information content (AvgIpc) is 2.64. The molecule has 0 atom stereocenters. The van der Waals surface area contributed by atoms with Gasteiger partial charge in [0, 0.05) is 0 Å². The molecule has 0 rings (SSSR count).